The van der Waals surface area contributed by atoms with Gasteiger partial charge < -0.3 is 14.7 Å². The molecule has 136 valence electrons. The Balaban J connectivity index is 1.44. The highest BCUT2D eigenvalue weighted by Crippen LogP contribution is 2.33. The van der Waals surface area contributed by atoms with Crippen LogP contribution in [0.5, 0.6) is 11.5 Å². The molecule has 0 aromatic heterocycles. The Kier molecular flexibility index (Phi) is 4.66. The molecule has 3 aromatic rings. The van der Waals surface area contributed by atoms with E-state index in [0.717, 1.165) is 29.8 Å². The molecule has 4 rings (SSSR count). The zero-order chi connectivity index (χ0) is 18.6. The van der Waals surface area contributed by atoms with E-state index in [4.69, 9.17) is 4.74 Å². The molecule has 0 radical (unpaired) electrons. The molecule has 2 N–H and O–H groups in total. The van der Waals surface area contributed by atoms with Crippen LogP contribution in [0.2, 0.25) is 0 Å². The van der Waals surface area contributed by atoms with E-state index in [0.29, 0.717) is 23.7 Å². The summed E-state index contributed by atoms with van der Waals surface area (Å²) in [6.07, 6.45) is 0.366. The van der Waals surface area contributed by atoms with Gasteiger partial charge in [-0.1, -0.05) is 36.4 Å². The molecule has 1 aliphatic rings. The van der Waals surface area contributed by atoms with Gasteiger partial charge in [0, 0.05) is 30.0 Å². The molecule has 1 aliphatic heterocycles. The van der Waals surface area contributed by atoms with E-state index < -0.39 is 6.09 Å². The number of phenols is 1. The summed E-state index contributed by atoms with van der Waals surface area (Å²) in [6, 6.07) is 22.3. The van der Waals surface area contributed by atoms with Crippen molar-refractivity contribution < 1.29 is 14.6 Å². The zero-order valence-electron chi connectivity index (χ0n) is 14.8. The Morgan fingerprint density at radius 3 is 2.63 bits per heavy atom. The Labute approximate surface area is 157 Å². The molecule has 0 atom stereocenters. The van der Waals surface area contributed by atoms with Gasteiger partial charge in [0.15, 0.2) is 0 Å². The van der Waals surface area contributed by atoms with Crippen LogP contribution in [0, 0.1) is 0 Å². The van der Waals surface area contributed by atoms with Crippen molar-refractivity contribution in [3.05, 3.63) is 83.9 Å². The van der Waals surface area contributed by atoms with E-state index in [1.54, 1.807) is 24.3 Å². The lowest BCUT2D eigenvalue weighted by atomic mass is 10.1. The van der Waals surface area contributed by atoms with Crippen LogP contribution in [-0.4, -0.2) is 17.7 Å². The largest absolute Gasteiger partial charge is 0.508 e. The number of rotatable bonds is 4. The maximum atomic E-state index is 12.1. The summed E-state index contributed by atoms with van der Waals surface area (Å²) in [4.78, 5) is 14.3. The van der Waals surface area contributed by atoms with Crippen LogP contribution in [0.3, 0.4) is 0 Å². The number of phenolic OH excluding ortho intramolecular Hbond substituents is 1. The number of carbonyl (C=O) groups is 1. The summed E-state index contributed by atoms with van der Waals surface area (Å²) in [6.45, 7) is 1.51. The number of hydrogen-bond donors (Lipinski definition) is 2. The summed E-state index contributed by atoms with van der Waals surface area (Å²) in [5.74, 6) is 0.829. The molecule has 5 nitrogen and oxygen atoms in total. The zero-order valence-corrected chi connectivity index (χ0v) is 14.8. The van der Waals surface area contributed by atoms with E-state index >= 15 is 0 Å². The van der Waals surface area contributed by atoms with Gasteiger partial charge in [-0.3, -0.25) is 5.32 Å². The minimum Gasteiger partial charge on any atom is -0.508 e. The molecule has 0 unspecified atom stereocenters. The third-order valence-electron chi connectivity index (χ3n) is 4.63. The Hall–Kier alpha value is -3.47. The molecule has 0 aliphatic carbocycles. The number of ether oxygens (including phenoxy) is 1. The van der Waals surface area contributed by atoms with Crippen molar-refractivity contribution in [3.63, 3.8) is 0 Å². The SMILES string of the molecule is O=C(Nc1ccccc1)Oc1ccc2c(c1)CCN2Cc1ccccc1O. The highest BCUT2D eigenvalue weighted by atomic mass is 16.6. The number of carbonyl (C=O) groups excluding carboxylic acids is 1. The summed E-state index contributed by atoms with van der Waals surface area (Å²) in [5, 5.41) is 12.7. The Bertz CT molecular complexity index is 957. The van der Waals surface area contributed by atoms with Gasteiger partial charge in [0.25, 0.3) is 0 Å². The van der Waals surface area contributed by atoms with Gasteiger partial charge in [-0.05, 0) is 48.4 Å². The number of nitrogens with one attached hydrogen (secondary N) is 1. The number of para-hydroxylation sites is 2. The first-order valence-corrected chi connectivity index (χ1v) is 8.88. The van der Waals surface area contributed by atoms with Gasteiger partial charge in [0.05, 0.1) is 0 Å². The standard InChI is InChI=1S/C22H20N2O3/c25-21-9-5-4-6-17(21)15-24-13-12-16-14-19(10-11-20(16)24)27-22(26)23-18-7-2-1-3-8-18/h1-11,14,25H,12-13,15H2,(H,23,26). The predicted octanol–water partition coefficient (Wildman–Crippen LogP) is 4.57. The average molecular weight is 360 g/mol. The van der Waals surface area contributed by atoms with Crippen molar-refractivity contribution >= 4 is 17.5 Å². The van der Waals surface area contributed by atoms with Crippen molar-refractivity contribution in [1.82, 2.24) is 0 Å². The van der Waals surface area contributed by atoms with Crippen LogP contribution in [0.1, 0.15) is 11.1 Å². The van der Waals surface area contributed by atoms with Crippen LogP contribution in [0.25, 0.3) is 0 Å². The van der Waals surface area contributed by atoms with E-state index in [2.05, 4.69) is 10.2 Å². The molecule has 1 heterocycles. The molecule has 0 fully saturated rings. The second-order valence-corrected chi connectivity index (χ2v) is 6.47. The van der Waals surface area contributed by atoms with Crippen LogP contribution < -0.4 is 15.0 Å². The quantitative estimate of drug-likeness (QED) is 0.716. The number of anilines is 2. The molecule has 27 heavy (non-hydrogen) atoms. The fourth-order valence-corrected chi connectivity index (χ4v) is 3.30. The fraction of sp³-hybridized carbons (Fsp3) is 0.136. The molecular formula is C22H20N2O3. The second-order valence-electron chi connectivity index (χ2n) is 6.47. The number of hydrogen-bond acceptors (Lipinski definition) is 4. The van der Waals surface area contributed by atoms with Gasteiger partial charge in [0.2, 0.25) is 0 Å². The van der Waals surface area contributed by atoms with Crippen LogP contribution in [-0.2, 0) is 13.0 Å². The molecule has 0 bridgehead atoms. The van der Waals surface area contributed by atoms with Crippen molar-refractivity contribution in [2.75, 3.05) is 16.8 Å². The topological polar surface area (TPSA) is 61.8 Å². The van der Waals surface area contributed by atoms with Crippen molar-refractivity contribution in [2.24, 2.45) is 0 Å². The van der Waals surface area contributed by atoms with Gasteiger partial charge in [-0.25, -0.2) is 4.79 Å². The fourth-order valence-electron chi connectivity index (χ4n) is 3.30. The van der Waals surface area contributed by atoms with Gasteiger partial charge in [0.1, 0.15) is 11.5 Å². The number of aromatic hydroxyl groups is 1. The first-order valence-electron chi connectivity index (χ1n) is 8.88. The van der Waals surface area contributed by atoms with Gasteiger partial charge in [-0.2, -0.15) is 0 Å². The highest BCUT2D eigenvalue weighted by molar-refractivity contribution is 5.86. The summed E-state index contributed by atoms with van der Waals surface area (Å²) < 4.78 is 5.41. The number of fused-ring (bicyclic) bond motifs is 1. The lowest BCUT2D eigenvalue weighted by Crippen LogP contribution is -2.19. The molecule has 0 saturated heterocycles. The minimum absolute atomic E-state index is 0.309. The van der Waals surface area contributed by atoms with E-state index in [1.165, 1.54) is 0 Å². The molecule has 5 heteroatoms. The molecule has 3 aromatic carbocycles. The van der Waals surface area contributed by atoms with E-state index in [1.807, 2.05) is 48.5 Å². The summed E-state index contributed by atoms with van der Waals surface area (Å²) in [7, 11) is 0. The third kappa shape index (κ3) is 3.87. The van der Waals surface area contributed by atoms with Gasteiger partial charge >= 0.3 is 6.09 Å². The minimum atomic E-state index is -0.509. The lowest BCUT2D eigenvalue weighted by molar-refractivity contribution is 0.215. The van der Waals surface area contributed by atoms with Crippen molar-refractivity contribution in [1.29, 1.82) is 0 Å². The first-order chi connectivity index (χ1) is 13.2. The molecule has 0 spiro atoms. The lowest BCUT2D eigenvalue weighted by Gasteiger charge is -2.20. The van der Waals surface area contributed by atoms with Crippen LogP contribution >= 0.6 is 0 Å². The monoisotopic (exact) mass is 360 g/mol. The average Bonchev–Trinajstić information content (AvgIpc) is 3.06. The van der Waals surface area contributed by atoms with Gasteiger partial charge in [-0.15, -0.1) is 0 Å². The Morgan fingerprint density at radius 2 is 1.81 bits per heavy atom. The van der Waals surface area contributed by atoms with Crippen molar-refractivity contribution in [2.45, 2.75) is 13.0 Å². The summed E-state index contributed by atoms with van der Waals surface area (Å²) in [5.41, 5.74) is 3.83. The summed E-state index contributed by atoms with van der Waals surface area (Å²) >= 11 is 0. The van der Waals surface area contributed by atoms with Crippen molar-refractivity contribution in [3.8, 4) is 11.5 Å². The molecule has 0 saturated carbocycles. The third-order valence-corrected chi connectivity index (χ3v) is 4.63. The first kappa shape index (κ1) is 17.0. The number of benzene rings is 3. The maximum absolute atomic E-state index is 12.1. The maximum Gasteiger partial charge on any atom is 0.417 e. The molecular weight excluding hydrogens is 340 g/mol. The highest BCUT2D eigenvalue weighted by Gasteiger charge is 2.21. The van der Waals surface area contributed by atoms with Crippen LogP contribution in [0.4, 0.5) is 16.2 Å². The number of amides is 1. The predicted molar refractivity (Wildman–Crippen MR) is 105 cm³/mol. The van der Waals surface area contributed by atoms with Crippen LogP contribution in [0.15, 0.2) is 72.8 Å². The molecule has 1 amide bonds. The van der Waals surface area contributed by atoms with E-state index in [-0.39, 0.29) is 0 Å². The normalized spacial score (nSPS) is 12.5. The Morgan fingerprint density at radius 1 is 1.04 bits per heavy atom. The number of nitrogens with zero attached hydrogens (tertiary/aromatic N) is 1. The van der Waals surface area contributed by atoms with E-state index in [9.17, 15) is 9.90 Å². The second kappa shape index (κ2) is 7.41. The smallest absolute Gasteiger partial charge is 0.417 e.